The van der Waals surface area contributed by atoms with Gasteiger partial charge in [0.2, 0.25) is 11.8 Å². The lowest BCUT2D eigenvalue weighted by atomic mass is 10.0. The van der Waals surface area contributed by atoms with E-state index in [1.54, 1.807) is 0 Å². The number of rotatable bonds is 7. The molecule has 0 spiro atoms. The Hall–Kier alpha value is -3.23. The van der Waals surface area contributed by atoms with Crippen molar-refractivity contribution in [1.29, 1.82) is 0 Å². The van der Waals surface area contributed by atoms with Gasteiger partial charge in [-0.15, -0.1) is 0 Å². The first-order chi connectivity index (χ1) is 13.9. The number of esters is 1. The number of aromatic nitrogens is 2. The molecular formula is C20H25N5O4. The van der Waals surface area contributed by atoms with Crippen molar-refractivity contribution in [2.75, 3.05) is 12.4 Å². The van der Waals surface area contributed by atoms with Crippen LogP contribution in [0.2, 0.25) is 0 Å². The fourth-order valence-electron chi connectivity index (χ4n) is 3.19. The fraction of sp³-hybridized carbons (Fsp3) is 0.450. The summed E-state index contributed by atoms with van der Waals surface area (Å²) in [6.45, 7) is 3.93. The number of amides is 2. The van der Waals surface area contributed by atoms with Crippen molar-refractivity contribution in [2.24, 2.45) is 5.92 Å². The summed E-state index contributed by atoms with van der Waals surface area (Å²) in [5.41, 5.74) is 0.691. The lowest BCUT2D eigenvalue weighted by molar-refractivity contribution is -0.142. The van der Waals surface area contributed by atoms with Gasteiger partial charge in [0, 0.05) is 11.8 Å². The molecule has 0 saturated carbocycles. The van der Waals surface area contributed by atoms with E-state index in [1.807, 2.05) is 38.1 Å². The molecule has 2 heterocycles. The summed E-state index contributed by atoms with van der Waals surface area (Å²) in [7, 11) is 1.35. The van der Waals surface area contributed by atoms with Crippen molar-refractivity contribution in [3.63, 3.8) is 0 Å². The first kappa shape index (κ1) is 20.5. The van der Waals surface area contributed by atoms with E-state index >= 15 is 0 Å². The third-order valence-corrected chi connectivity index (χ3v) is 4.80. The molecule has 1 fully saturated rings. The molecule has 0 radical (unpaired) electrons. The number of ether oxygens (including phenoxy) is 1. The van der Waals surface area contributed by atoms with Gasteiger partial charge in [0.25, 0.3) is 0 Å². The SMILES string of the molecule is COC(=O)[C@@H](Nc1nc(CNC(=O)C2CCC(=O)N2)nc2ccccc12)C(C)C. The van der Waals surface area contributed by atoms with Crippen LogP contribution in [0.4, 0.5) is 5.82 Å². The Balaban J connectivity index is 1.82. The Kier molecular flexibility index (Phi) is 6.26. The number of carbonyl (C=O) groups excluding carboxylic acids is 3. The Bertz CT molecular complexity index is 930. The van der Waals surface area contributed by atoms with Crippen molar-refractivity contribution >= 4 is 34.5 Å². The van der Waals surface area contributed by atoms with E-state index in [0.717, 1.165) is 5.39 Å². The van der Waals surface area contributed by atoms with E-state index in [2.05, 4.69) is 25.9 Å². The van der Waals surface area contributed by atoms with Crippen molar-refractivity contribution in [2.45, 2.75) is 45.3 Å². The predicted molar refractivity (Wildman–Crippen MR) is 107 cm³/mol. The third-order valence-electron chi connectivity index (χ3n) is 4.80. The van der Waals surface area contributed by atoms with Crippen LogP contribution in [0.3, 0.4) is 0 Å². The zero-order valence-electron chi connectivity index (χ0n) is 16.7. The topological polar surface area (TPSA) is 122 Å². The average molecular weight is 399 g/mol. The highest BCUT2D eigenvalue weighted by Gasteiger charge is 2.27. The molecule has 3 rings (SSSR count). The number of nitrogens with one attached hydrogen (secondary N) is 3. The maximum absolute atomic E-state index is 12.2. The number of carbonyl (C=O) groups is 3. The van der Waals surface area contributed by atoms with Crippen LogP contribution in [0.15, 0.2) is 24.3 Å². The van der Waals surface area contributed by atoms with Crippen LogP contribution < -0.4 is 16.0 Å². The van der Waals surface area contributed by atoms with Gasteiger partial charge >= 0.3 is 5.97 Å². The van der Waals surface area contributed by atoms with Gasteiger partial charge in [-0.2, -0.15) is 0 Å². The highest BCUT2D eigenvalue weighted by atomic mass is 16.5. The molecule has 2 atom stereocenters. The minimum atomic E-state index is -0.575. The van der Waals surface area contributed by atoms with Crippen LogP contribution in [-0.2, 0) is 25.7 Å². The molecule has 154 valence electrons. The van der Waals surface area contributed by atoms with Gasteiger partial charge in [-0.05, 0) is 24.5 Å². The van der Waals surface area contributed by atoms with Crippen LogP contribution in [0.25, 0.3) is 10.9 Å². The van der Waals surface area contributed by atoms with E-state index in [1.165, 1.54) is 7.11 Å². The smallest absolute Gasteiger partial charge is 0.328 e. The normalized spacial score (nSPS) is 17.1. The highest BCUT2D eigenvalue weighted by molar-refractivity contribution is 5.92. The molecule has 3 N–H and O–H groups in total. The number of hydrogen-bond acceptors (Lipinski definition) is 7. The van der Waals surface area contributed by atoms with Gasteiger partial charge in [-0.25, -0.2) is 14.8 Å². The molecule has 1 aromatic heterocycles. The van der Waals surface area contributed by atoms with Gasteiger partial charge in [-0.1, -0.05) is 26.0 Å². The molecule has 2 aromatic rings. The van der Waals surface area contributed by atoms with E-state index in [4.69, 9.17) is 4.74 Å². The van der Waals surface area contributed by atoms with Crippen molar-refractivity contribution in [1.82, 2.24) is 20.6 Å². The summed E-state index contributed by atoms with van der Waals surface area (Å²) in [6, 6.07) is 6.33. The number of methoxy groups -OCH3 is 1. The number of para-hydroxylation sites is 1. The van der Waals surface area contributed by atoms with Gasteiger partial charge in [0.1, 0.15) is 17.9 Å². The summed E-state index contributed by atoms with van der Waals surface area (Å²) >= 11 is 0. The van der Waals surface area contributed by atoms with E-state index in [9.17, 15) is 14.4 Å². The van der Waals surface area contributed by atoms with Crippen molar-refractivity contribution < 1.29 is 19.1 Å². The molecule has 9 nitrogen and oxygen atoms in total. The molecule has 2 amide bonds. The summed E-state index contributed by atoms with van der Waals surface area (Å²) in [5.74, 6) is 0.104. The average Bonchev–Trinajstić information content (AvgIpc) is 3.15. The lowest BCUT2D eigenvalue weighted by Gasteiger charge is -2.21. The number of anilines is 1. The Morgan fingerprint density at radius 3 is 2.69 bits per heavy atom. The van der Waals surface area contributed by atoms with Gasteiger partial charge in [0.15, 0.2) is 5.82 Å². The Labute approximate surface area is 168 Å². The maximum Gasteiger partial charge on any atom is 0.328 e. The van der Waals surface area contributed by atoms with Crippen LogP contribution in [0.5, 0.6) is 0 Å². The number of fused-ring (bicyclic) bond motifs is 1. The van der Waals surface area contributed by atoms with E-state index in [-0.39, 0.29) is 30.2 Å². The molecule has 9 heteroatoms. The minimum absolute atomic E-state index is 0.0229. The number of hydrogen-bond donors (Lipinski definition) is 3. The van der Waals surface area contributed by atoms with Gasteiger partial charge in [0.05, 0.1) is 19.2 Å². The van der Waals surface area contributed by atoms with Crippen molar-refractivity contribution in [3.8, 4) is 0 Å². The second kappa shape index (κ2) is 8.85. The lowest BCUT2D eigenvalue weighted by Crippen LogP contribution is -2.41. The Morgan fingerprint density at radius 1 is 1.28 bits per heavy atom. The summed E-state index contributed by atoms with van der Waals surface area (Å²) < 4.78 is 4.90. The number of benzene rings is 1. The summed E-state index contributed by atoms with van der Waals surface area (Å²) in [5, 5.41) is 9.33. The second-order valence-electron chi connectivity index (χ2n) is 7.27. The zero-order chi connectivity index (χ0) is 21.0. The molecule has 1 aromatic carbocycles. The van der Waals surface area contributed by atoms with E-state index in [0.29, 0.717) is 30.0 Å². The molecule has 0 aliphatic carbocycles. The molecular weight excluding hydrogens is 374 g/mol. The highest BCUT2D eigenvalue weighted by Crippen LogP contribution is 2.22. The van der Waals surface area contributed by atoms with Crippen LogP contribution in [-0.4, -0.2) is 46.9 Å². The first-order valence-corrected chi connectivity index (χ1v) is 9.56. The zero-order valence-corrected chi connectivity index (χ0v) is 16.7. The molecule has 0 bridgehead atoms. The maximum atomic E-state index is 12.2. The molecule has 1 aliphatic rings. The molecule has 1 unspecified atom stereocenters. The molecule has 29 heavy (non-hydrogen) atoms. The standard InChI is InChI=1S/C20H25N5O4/c1-11(2)17(20(28)29-3)25-18-12-6-4-5-7-13(12)22-15(24-18)10-21-19(27)14-8-9-16(26)23-14/h4-7,11,14,17H,8-10H2,1-3H3,(H,21,27)(H,23,26)(H,22,24,25)/t14?,17-/m0/s1. The van der Waals surface area contributed by atoms with Crippen molar-refractivity contribution in [3.05, 3.63) is 30.1 Å². The quantitative estimate of drug-likeness (QED) is 0.597. The Morgan fingerprint density at radius 2 is 2.03 bits per heavy atom. The third kappa shape index (κ3) is 4.79. The van der Waals surface area contributed by atoms with Crippen LogP contribution in [0.1, 0.15) is 32.5 Å². The predicted octanol–water partition coefficient (Wildman–Crippen LogP) is 1.13. The first-order valence-electron chi connectivity index (χ1n) is 9.56. The minimum Gasteiger partial charge on any atom is -0.467 e. The van der Waals surface area contributed by atoms with Crippen LogP contribution in [0, 0.1) is 5.92 Å². The van der Waals surface area contributed by atoms with Crippen LogP contribution >= 0.6 is 0 Å². The molecule has 1 aliphatic heterocycles. The summed E-state index contributed by atoms with van der Waals surface area (Å²) in [6.07, 6.45) is 0.827. The second-order valence-corrected chi connectivity index (χ2v) is 7.27. The van der Waals surface area contributed by atoms with E-state index < -0.39 is 12.1 Å². The largest absolute Gasteiger partial charge is 0.467 e. The monoisotopic (exact) mass is 399 g/mol. The number of nitrogens with zero attached hydrogens (tertiary/aromatic N) is 2. The fourth-order valence-corrected chi connectivity index (χ4v) is 3.19. The molecule has 1 saturated heterocycles. The summed E-state index contributed by atoms with van der Waals surface area (Å²) in [4.78, 5) is 44.7. The van der Waals surface area contributed by atoms with Gasteiger partial charge in [-0.3, -0.25) is 9.59 Å². The van der Waals surface area contributed by atoms with Gasteiger partial charge < -0.3 is 20.7 Å².